The van der Waals surface area contributed by atoms with E-state index in [1.165, 1.54) is 31.2 Å². The Morgan fingerprint density at radius 2 is 1.87 bits per heavy atom. The number of sulfone groups is 1. The third kappa shape index (κ3) is 3.57. The van der Waals surface area contributed by atoms with Crippen molar-refractivity contribution in [3.05, 3.63) is 52.3 Å². The summed E-state index contributed by atoms with van der Waals surface area (Å²) in [6.07, 6.45) is 0. The highest BCUT2D eigenvalue weighted by Gasteiger charge is 2.18. The molecule has 0 aliphatic rings. The number of nitrogens with two attached hydrogens (primary N) is 1. The number of nitro benzene ring substituents is 1. The standard InChI is InChI=1S/C14H13FN2O5S/c1-2-23(20,21)10-5-3-9(4-6-10)22-14-8-12(16)13(17(18)19)7-11(14)15/h3-8H,2,16H2,1H3. The zero-order valence-electron chi connectivity index (χ0n) is 12.0. The summed E-state index contributed by atoms with van der Waals surface area (Å²) < 4.78 is 42.5. The summed E-state index contributed by atoms with van der Waals surface area (Å²) in [5, 5.41) is 10.7. The van der Waals surface area contributed by atoms with Crippen LogP contribution in [0.2, 0.25) is 0 Å². The van der Waals surface area contributed by atoms with Crippen molar-refractivity contribution in [2.75, 3.05) is 11.5 Å². The van der Waals surface area contributed by atoms with Gasteiger partial charge in [-0.05, 0) is 24.3 Å². The first kappa shape index (κ1) is 16.7. The summed E-state index contributed by atoms with van der Waals surface area (Å²) in [6.45, 7) is 1.52. The molecule has 0 aliphatic heterocycles. The lowest BCUT2D eigenvalue weighted by Gasteiger charge is -2.09. The molecule has 9 heteroatoms. The molecule has 0 radical (unpaired) electrons. The molecule has 0 aromatic heterocycles. The molecule has 0 fully saturated rings. The summed E-state index contributed by atoms with van der Waals surface area (Å²) in [6, 6.07) is 7.06. The lowest BCUT2D eigenvalue weighted by Crippen LogP contribution is -2.03. The first-order valence-electron chi connectivity index (χ1n) is 6.48. The Morgan fingerprint density at radius 3 is 2.39 bits per heavy atom. The second kappa shape index (κ2) is 6.21. The van der Waals surface area contributed by atoms with Gasteiger partial charge in [-0.3, -0.25) is 10.1 Å². The molecular weight excluding hydrogens is 327 g/mol. The number of benzene rings is 2. The highest BCUT2D eigenvalue weighted by Crippen LogP contribution is 2.32. The van der Waals surface area contributed by atoms with E-state index >= 15 is 0 Å². The minimum absolute atomic E-state index is 0.0410. The Balaban J connectivity index is 2.30. The Kier molecular flexibility index (Phi) is 4.50. The summed E-state index contributed by atoms with van der Waals surface area (Å²) >= 11 is 0. The van der Waals surface area contributed by atoms with Crippen LogP contribution in [0.5, 0.6) is 11.5 Å². The SMILES string of the molecule is CCS(=O)(=O)c1ccc(Oc2cc(N)c([N+](=O)[O-])cc2F)cc1. The smallest absolute Gasteiger partial charge is 0.295 e. The van der Waals surface area contributed by atoms with Gasteiger partial charge in [0.2, 0.25) is 0 Å². The van der Waals surface area contributed by atoms with Gasteiger partial charge >= 0.3 is 0 Å². The fraction of sp³-hybridized carbons (Fsp3) is 0.143. The molecule has 23 heavy (non-hydrogen) atoms. The molecule has 7 nitrogen and oxygen atoms in total. The number of anilines is 1. The van der Waals surface area contributed by atoms with Crippen molar-refractivity contribution in [2.24, 2.45) is 0 Å². The minimum Gasteiger partial charge on any atom is -0.454 e. The summed E-state index contributed by atoms with van der Waals surface area (Å²) in [7, 11) is -3.34. The average molecular weight is 340 g/mol. The highest BCUT2D eigenvalue weighted by atomic mass is 32.2. The number of nitrogen functional groups attached to an aromatic ring is 1. The van der Waals surface area contributed by atoms with Crippen molar-refractivity contribution in [3.63, 3.8) is 0 Å². The molecule has 0 saturated heterocycles. The first-order valence-corrected chi connectivity index (χ1v) is 8.14. The van der Waals surface area contributed by atoms with Gasteiger partial charge in [-0.2, -0.15) is 0 Å². The van der Waals surface area contributed by atoms with E-state index in [1.807, 2.05) is 0 Å². The van der Waals surface area contributed by atoms with Crippen LogP contribution in [0.25, 0.3) is 0 Å². The predicted molar refractivity (Wildman–Crippen MR) is 81.7 cm³/mol. The van der Waals surface area contributed by atoms with Crippen LogP contribution in [0.4, 0.5) is 15.8 Å². The third-order valence-electron chi connectivity index (χ3n) is 3.07. The quantitative estimate of drug-likeness (QED) is 0.509. The molecule has 2 aromatic carbocycles. The normalized spacial score (nSPS) is 11.2. The van der Waals surface area contributed by atoms with E-state index in [-0.39, 0.29) is 27.8 Å². The Bertz CT molecular complexity index is 850. The average Bonchev–Trinajstić information content (AvgIpc) is 2.51. The van der Waals surface area contributed by atoms with Gasteiger partial charge in [-0.1, -0.05) is 6.92 Å². The topological polar surface area (TPSA) is 113 Å². The van der Waals surface area contributed by atoms with Gasteiger partial charge in [-0.15, -0.1) is 0 Å². The number of hydrogen-bond acceptors (Lipinski definition) is 6. The number of halogens is 1. The van der Waals surface area contributed by atoms with Gasteiger partial charge in [0.25, 0.3) is 5.69 Å². The lowest BCUT2D eigenvalue weighted by molar-refractivity contribution is -0.384. The van der Waals surface area contributed by atoms with E-state index in [4.69, 9.17) is 10.5 Å². The van der Waals surface area contributed by atoms with Gasteiger partial charge < -0.3 is 10.5 Å². The van der Waals surface area contributed by atoms with Crippen molar-refractivity contribution >= 4 is 21.2 Å². The van der Waals surface area contributed by atoms with E-state index in [1.54, 1.807) is 0 Å². The Labute approximate surface area is 131 Å². The summed E-state index contributed by atoms with van der Waals surface area (Å²) in [4.78, 5) is 9.99. The van der Waals surface area contributed by atoms with Gasteiger partial charge in [0, 0.05) is 6.07 Å². The first-order chi connectivity index (χ1) is 10.7. The van der Waals surface area contributed by atoms with E-state index in [0.717, 1.165) is 6.07 Å². The van der Waals surface area contributed by atoms with E-state index in [0.29, 0.717) is 6.07 Å². The van der Waals surface area contributed by atoms with E-state index < -0.39 is 26.3 Å². The molecule has 0 saturated carbocycles. The summed E-state index contributed by atoms with van der Waals surface area (Å²) in [5.74, 6) is -1.11. The van der Waals surface area contributed by atoms with Crippen molar-refractivity contribution in [1.82, 2.24) is 0 Å². The van der Waals surface area contributed by atoms with Crippen LogP contribution in [-0.4, -0.2) is 19.1 Å². The van der Waals surface area contributed by atoms with E-state index in [2.05, 4.69) is 0 Å². The van der Waals surface area contributed by atoms with Crippen LogP contribution in [0, 0.1) is 15.9 Å². The number of rotatable bonds is 5. The van der Waals surface area contributed by atoms with Crippen molar-refractivity contribution in [3.8, 4) is 11.5 Å². The van der Waals surface area contributed by atoms with Crippen LogP contribution in [0.15, 0.2) is 41.3 Å². The maximum absolute atomic E-state index is 13.8. The molecule has 0 heterocycles. The van der Waals surface area contributed by atoms with Crippen LogP contribution in [0.1, 0.15) is 6.92 Å². The number of hydrogen-bond donors (Lipinski definition) is 1. The van der Waals surface area contributed by atoms with Crippen LogP contribution >= 0.6 is 0 Å². The monoisotopic (exact) mass is 340 g/mol. The molecule has 0 unspecified atom stereocenters. The Hall–Kier alpha value is -2.68. The maximum atomic E-state index is 13.8. The molecule has 122 valence electrons. The molecule has 0 atom stereocenters. The molecule has 2 N–H and O–H groups in total. The van der Waals surface area contributed by atoms with Gasteiger partial charge in [0.15, 0.2) is 21.4 Å². The van der Waals surface area contributed by atoms with Crippen molar-refractivity contribution in [1.29, 1.82) is 0 Å². The number of nitrogens with zero attached hydrogens (tertiary/aromatic N) is 1. The van der Waals surface area contributed by atoms with Crippen LogP contribution in [0.3, 0.4) is 0 Å². The van der Waals surface area contributed by atoms with Gasteiger partial charge in [0.1, 0.15) is 11.4 Å². The minimum atomic E-state index is -3.34. The fourth-order valence-electron chi connectivity index (χ4n) is 1.80. The highest BCUT2D eigenvalue weighted by molar-refractivity contribution is 7.91. The van der Waals surface area contributed by atoms with Gasteiger partial charge in [0.05, 0.1) is 21.6 Å². The van der Waals surface area contributed by atoms with Crippen LogP contribution < -0.4 is 10.5 Å². The molecular formula is C14H13FN2O5S. The second-order valence-electron chi connectivity index (χ2n) is 4.58. The zero-order chi connectivity index (χ0) is 17.2. The lowest BCUT2D eigenvalue weighted by atomic mass is 10.2. The Morgan fingerprint density at radius 1 is 1.26 bits per heavy atom. The third-order valence-corrected chi connectivity index (χ3v) is 4.82. The van der Waals surface area contributed by atoms with Crippen LogP contribution in [-0.2, 0) is 9.84 Å². The predicted octanol–water partition coefficient (Wildman–Crippen LogP) is 2.90. The van der Waals surface area contributed by atoms with E-state index in [9.17, 15) is 22.9 Å². The molecule has 0 amide bonds. The molecule has 2 aromatic rings. The molecule has 0 bridgehead atoms. The number of ether oxygens (including phenoxy) is 1. The summed E-state index contributed by atoms with van der Waals surface area (Å²) in [5.41, 5.74) is 4.68. The molecule has 0 spiro atoms. The van der Waals surface area contributed by atoms with Crippen molar-refractivity contribution in [2.45, 2.75) is 11.8 Å². The second-order valence-corrected chi connectivity index (χ2v) is 6.85. The maximum Gasteiger partial charge on any atom is 0.295 e. The molecule has 2 rings (SSSR count). The molecule has 0 aliphatic carbocycles. The fourth-order valence-corrected chi connectivity index (χ4v) is 2.69. The largest absolute Gasteiger partial charge is 0.454 e. The van der Waals surface area contributed by atoms with Gasteiger partial charge in [-0.25, -0.2) is 12.8 Å². The van der Waals surface area contributed by atoms with Crippen molar-refractivity contribution < 1.29 is 22.5 Å². The number of nitro groups is 1. The zero-order valence-corrected chi connectivity index (χ0v) is 12.8.